The number of para-hydroxylation sites is 6. The second-order valence-electron chi connectivity index (χ2n) is 26.9. The van der Waals surface area contributed by atoms with Crippen molar-refractivity contribution < 1.29 is 146 Å². The molecule has 104 heavy (non-hydrogen) atoms. The number of benzene rings is 6. The molecule has 6 aromatic carbocycles. The van der Waals surface area contributed by atoms with Crippen LogP contribution in [0.2, 0.25) is 0 Å². The fourth-order valence-corrected chi connectivity index (χ4v) is 10.1. The Hall–Kier alpha value is -4.40. The molecule has 0 saturated carbocycles. The monoisotopic (exact) mass is 1620 g/mol. The number of aliphatic hydroxyl groups excluding tert-OH is 1. The van der Waals surface area contributed by atoms with Gasteiger partial charge in [-0.1, -0.05) is 229 Å². The molecule has 0 heterocycles. The van der Waals surface area contributed by atoms with Gasteiger partial charge in [0.15, 0.2) is 0 Å². The van der Waals surface area contributed by atoms with E-state index in [4.69, 9.17) is 5.11 Å². The average Bonchev–Trinajstić information content (AvgIpc) is 0.947. The first-order valence-electron chi connectivity index (χ1n) is 34.6. The first kappa shape index (κ1) is 113. The van der Waals surface area contributed by atoms with Crippen molar-refractivity contribution in [3.63, 3.8) is 0 Å². The van der Waals surface area contributed by atoms with Crippen LogP contribution in [0, 0.1) is 35.5 Å². The zero-order valence-corrected chi connectivity index (χ0v) is 67.7. The molecule has 0 fully saturated rings. The first-order chi connectivity index (χ1) is 46.8. The number of nitrogens with one attached hydrogen (secondary N) is 6. The Bertz CT molecular complexity index is 2400. The Morgan fingerprint density at radius 3 is 0.433 bits per heavy atom. The Morgan fingerprint density at radius 2 is 0.346 bits per heavy atom. The van der Waals surface area contributed by atoms with Crippen molar-refractivity contribution in [2.45, 2.75) is 197 Å². The molecule has 0 saturated heterocycles. The topological polar surface area (TPSA) is 432 Å². The number of rotatable bonds is 36. The molecule has 11 N–H and O–H groups in total. The molecule has 0 unspecified atom stereocenters. The molecule has 0 bridgehead atoms. The average molecular weight is 1620 g/mol. The predicted octanol–water partition coefficient (Wildman–Crippen LogP) is 1.70. The van der Waals surface area contributed by atoms with E-state index in [-0.39, 0.29) is 190 Å². The van der Waals surface area contributed by atoms with Crippen LogP contribution in [-0.4, -0.2) is 99.1 Å². The summed E-state index contributed by atoms with van der Waals surface area (Å²) in [7, 11) is 1.00. The zero-order valence-electron chi connectivity index (χ0n) is 63.3. The van der Waals surface area contributed by atoms with Crippen molar-refractivity contribution in [2.75, 3.05) is 46.8 Å². The third-order valence-electron chi connectivity index (χ3n) is 15.1. The van der Waals surface area contributed by atoms with Gasteiger partial charge in [0.05, 0.1) is 0 Å². The fraction of sp³-hybridized carbons (Fsp3) is 0.544. The molecular weight excluding hydrogens is 1500 g/mol. The number of hydrogen-bond acceptors (Lipinski definition) is 19. The molecule has 0 amide bonds. The molecule has 4 radical (unpaired) electrons. The molecule has 0 aliphatic heterocycles. The van der Waals surface area contributed by atoms with E-state index in [9.17, 15) is 61.3 Å². The molecule has 6 atom stereocenters. The molecule has 0 aliphatic rings. The SMILES string of the molecule is CC(C)C[C@@H](C[O-])NCc1ccccc1[O-].CC(C)C[C@@H](C[O-])NCc1ccccc1[O-].CC(C)C[C@@H](C[O-])NCc1ccccc1[O-].CC(C)C[C@@H](C[O-])NCc1ccccc1[O-].CC(C)C[C@@H](C[O-])NCc1ccccc1[O-].CC(C)C[C@@H](C[O-])NCc1ccccc1[O-].CO.O.O.[Fe+3].[Fe+5].[Fe+5].[Fe+5]. The fourth-order valence-electron chi connectivity index (χ4n) is 10.1. The van der Waals surface area contributed by atoms with Crippen LogP contribution in [0.15, 0.2) is 146 Å². The van der Waals surface area contributed by atoms with E-state index >= 15 is 0 Å². The Kier molecular flexibility index (Phi) is 76.3. The molecule has 0 aliphatic carbocycles. The van der Waals surface area contributed by atoms with Gasteiger partial charge in [0.25, 0.3) is 0 Å². The van der Waals surface area contributed by atoms with E-state index in [0.29, 0.717) is 74.8 Å². The normalized spacial score (nSPS) is 12.1. The molecular formula is C79H122Fe4N6O15+6. The van der Waals surface area contributed by atoms with Crippen LogP contribution in [0.5, 0.6) is 34.5 Å². The van der Waals surface area contributed by atoms with Gasteiger partial charge in [0, 0.05) is 46.4 Å². The van der Waals surface area contributed by atoms with E-state index in [1.807, 2.05) is 36.4 Å². The number of aliphatic hydroxyl groups is 1. The second kappa shape index (κ2) is 70.3. The summed E-state index contributed by atoms with van der Waals surface area (Å²) in [5.41, 5.74) is 4.36. The standard InChI is InChI=1S/6C13H20NO2.CH4O.4Fe.2H2O/c6*1-10(2)7-12(9-15)14-8-11-5-3-4-6-13(11)16;1-2;;;;;;/h6*3-6,10,12,14,16H,7-9H2,1-2H3;2H,1H3;;;;;2*1H2/q6*-1;;+3;3*+5;;/p-6/t6*12-;;;;;;;/m000000......./s1. The Morgan fingerprint density at radius 1 is 0.240 bits per heavy atom. The minimum atomic E-state index is -0.140. The summed E-state index contributed by atoms with van der Waals surface area (Å²) in [5.74, 6) is 3.16. The van der Waals surface area contributed by atoms with Crippen LogP contribution >= 0.6 is 0 Å². The van der Waals surface area contributed by atoms with Gasteiger partial charge in [-0.05, 0) is 144 Å². The van der Waals surface area contributed by atoms with E-state index in [0.717, 1.165) is 79.0 Å². The number of hydrogen-bond donors (Lipinski definition) is 7. The summed E-state index contributed by atoms with van der Waals surface area (Å²) < 4.78 is 0. The van der Waals surface area contributed by atoms with Crippen molar-refractivity contribution in [2.24, 2.45) is 35.5 Å². The second-order valence-corrected chi connectivity index (χ2v) is 26.9. The third-order valence-corrected chi connectivity index (χ3v) is 15.1. The third kappa shape index (κ3) is 55.9. The minimum Gasteiger partial charge on any atom is -0.872 e. The molecule has 584 valence electrons. The molecule has 6 aromatic rings. The molecule has 6 rings (SSSR count). The largest absolute Gasteiger partial charge is 5.00 e. The maximum Gasteiger partial charge on any atom is 5.00 e. The van der Waals surface area contributed by atoms with E-state index < -0.39 is 0 Å². The van der Waals surface area contributed by atoms with Crippen LogP contribution in [0.3, 0.4) is 0 Å². The van der Waals surface area contributed by atoms with Crippen LogP contribution in [0.25, 0.3) is 0 Å². The minimum absolute atomic E-state index is 0. The smallest absolute Gasteiger partial charge is 0.872 e. The van der Waals surface area contributed by atoms with Crippen LogP contribution in [-0.2, 0) is 108 Å². The van der Waals surface area contributed by atoms with E-state index in [1.165, 1.54) is 0 Å². The zero-order chi connectivity index (χ0) is 73.8. The molecule has 25 heteroatoms. The van der Waals surface area contributed by atoms with Gasteiger partial charge >= 0.3 is 68.3 Å². The summed E-state index contributed by atoms with van der Waals surface area (Å²) in [6, 6.07) is 41.2. The van der Waals surface area contributed by atoms with Gasteiger partial charge in [-0.25, -0.2) is 0 Å². The van der Waals surface area contributed by atoms with Crippen LogP contribution in [0.1, 0.15) is 155 Å². The van der Waals surface area contributed by atoms with E-state index in [2.05, 4.69) is 115 Å². The van der Waals surface area contributed by atoms with Crippen molar-refractivity contribution >= 4 is 0 Å². The maximum absolute atomic E-state index is 11.4. The van der Waals surface area contributed by atoms with Crippen molar-refractivity contribution in [3.8, 4) is 34.5 Å². The Balaban J connectivity index is -0.000000214. The summed E-state index contributed by atoms with van der Waals surface area (Å²) in [4.78, 5) is 0. The maximum atomic E-state index is 11.4. The van der Waals surface area contributed by atoms with Gasteiger partial charge < -0.3 is 109 Å². The van der Waals surface area contributed by atoms with Crippen LogP contribution < -0.4 is 93.2 Å². The van der Waals surface area contributed by atoms with Gasteiger partial charge in [0.2, 0.25) is 0 Å². The summed E-state index contributed by atoms with van der Waals surface area (Å²) in [6.07, 6.45) is 5.11. The van der Waals surface area contributed by atoms with Gasteiger partial charge in [0.1, 0.15) is 0 Å². The van der Waals surface area contributed by atoms with Gasteiger partial charge in [-0.15, -0.1) is 74.1 Å². The van der Waals surface area contributed by atoms with Crippen molar-refractivity contribution in [1.29, 1.82) is 0 Å². The van der Waals surface area contributed by atoms with Gasteiger partial charge in [-0.3, -0.25) is 0 Å². The quantitative estimate of drug-likeness (QED) is 0.0275. The molecule has 21 nitrogen and oxygen atoms in total. The van der Waals surface area contributed by atoms with Crippen LogP contribution in [0.4, 0.5) is 0 Å². The first-order valence-corrected chi connectivity index (χ1v) is 34.6. The predicted molar refractivity (Wildman–Crippen MR) is 380 cm³/mol. The van der Waals surface area contributed by atoms with E-state index in [1.54, 1.807) is 109 Å². The van der Waals surface area contributed by atoms with Gasteiger partial charge in [-0.2, -0.15) is 0 Å². The molecule has 0 spiro atoms. The summed E-state index contributed by atoms with van der Waals surface area (Å²) in [6.45, 7) is 27.1. The van der Waals surface area contributed by atoms with Crippen molar-refractivity contribution in [1.82, 2.24) is 31.9 Å². The summed E-state index contributed by atoms with van der Waals surface area (Å²) >= 11 is 0. The van der Waals surface area contributed by atoms with Crippen molar-refractivity contribution in [3.05, 3.63) is 179 Å². The molecule has 0 aromatic heterocycles. The summed E-state index contributed by atoms with van der Waals surface area (Å²) in [5, 5.41) is 160. The Labute approximate surface area is 665 Å².